The van der Waals surface area contributed by atoms with Gasteiger partial charge in [0.25, 0.3) is 0 Å². The summed E-state index contributed by atoms with van der Waals surface area (Å²) in [6.45, 7) is 14.5. The molecule has 0 heterocycles. The van der Waals surface area contributed by atoms with Gasteiger partial charge in [0, 0.05) is 0 Å². The summed E-state index contributed by atoms with van der Waals surface area (Å²) in [5.74, 6) is 0. The van der Waals surface area contributed by atoms with E-state index in [0.29, 0.717) is 0 Å². The fourth-order valence-electron chi connectivity index (χ4n) is 1.92. The second kappa shape index (κ2) is 5.59. The van der Waals surface area contributed by atoms with Gasteiger partial charge in [0.15, 0.2) is 0 Å². The molecule has 0 aliphatic heterocycles. The van der Waals surface area contributed by atoms with Gasteiger partial charge in [-0.05, 0) is 26.7 Å². The second-order valence-electron chi connectivity index (χ2n) is 3.42. The highest BCUT2D eigenvalue weighted by Crippen LogP contribution is 2.08. The summed E-state index contributed by atoms with van der Waals surface area (Å²) in [4.78, 5) is 0. The third-order valence-electron chi connectivity index (χ3n) is 2.74. The molecule has 0 saturated carbocycles. The highest BCUT2D eigenvalue weighted by Gasteiger charge is 2.19. The van der Waals surface area contributed by atoms with E-state index in [4.69, 9.17) is 0 Å². The number of quaternary nitrogens is 1. The van der Waals surface area contributed by atoms with E-state index in [-0.39, 0.29) is 0 Å². The van der Waals surface area contributed by atoms with Crippen LogP contribution in [0.2, 0.25) is 0 Å². The van der Waals surface area contributed by atoms with Crippen LogP contribution in [0, 0.1) is 0 Å². The van der Waals surface area contributed by atoms with Crippen LogP contribution < -0.4 is 0 Å². The predicted molar refractivity (Wildman–Crippen MR) is 51.7 cm³/mol. The van der Waals surface area contributed by atoms with Crippen LogP contribution >= 0.6 is 0 Å². The van der Waals surface area contributed by atoms with E-state index in [1.807, 2.05) is 0 Å². The van der Waals surface area contributed by atoms with E-state index >= 15 is 0 Å². The van der Waals surface area contributed by atoms with Crippen LogP contribution in [0.1, 0.15) is 40.5 Å². The zero-order valence-corrected chi connectivity index (χ0v) is 8.69. The number of rotatable bonds is 6. The molecule has 0 bridgehead atoms. The van der Waals surface area contributed by atoms with Gasteiger partial charge in [-0.2, -0.15) is 0 Å². The third kappa shape index (κ3) is 3.24. The van der Waals surface area contributed by atoms with E-state index in [9.17, 15) is 0 Å². The van der Waals surface area contributed by atoms with Gasteiger partial charge < -0.3 is 4.48 Å². The lowest BCUT2D eigenvalue weighted by atomic mass is 10.2. The standard InChI is InChI=1S/C10H24N/c1-5-9-11(7-3,8-4)10-6-2/h5-10H2,1-4H3/q+1. The summed E-state index contributed by atoms with van der Waals surface area (Å²) in [5, 5.41) is 0. The number of hydrogen-bond donors (Lipinski definition) is 0. The molecule has 0 fully saturated rings. The van der Waals surface area contributed by atoms with Crippen LogP contribution in [0.4, 0.5) is 0 Å². The highest BCUT2D eigenvalue weighted by atomic mass is 15.3. The van der Waals surface area contributed by atoms with Gasteiger partial charge >= 0.3 is 0 Å². The predicted octanol–water partition coefficient (Wildman–Crippen LogP) is 2.66. The first kappa shape index (κ1) is 11.0. The Morgan fingerprint density at radius 1 is 0.727 bits per heavy atom. The van der Waals surface area contributed by atoms with E-state index < -0.39 is 0 Å². The van der Waals surface area contributed by atoms with Crippen LogP contribution in [0.15, 0.2) is 0 Å². The highest BCUT2D eigenvalue weighted by molar-refractivity contribution is 4.38. The Bertz CT molecular complexity index is 76.9. The Balaban J connectivity index is 3.96. The molecule has 1 nitrogen and oxygen atoms in total. The second-order valence-corrected chi connectivity index (χ2v) is 3.42. The largest absolute Gasteiger partial charge is 0.324 e. The molecule has 11 heavy (non-hydrogen) atoms. The normalized spacial score (nSPS) is 12.0. The average Bonchev–Trinajstić information content (AvgIpc) is 2.04. The summed E-state index contributed by atoms with van der Waals surface area (Å²) in [6, 6.07) is 0. The summed E-state index contributed by atoms with van der Waals surface area (Å²) in [6.07, 6.45) is 2.64. The van der Waals surface area contributed by atoms with Crippen molar-refractivity contribution in [3.63, 3.8) is 0 Å². The first-order valence-corrected chi connectivity index (χ1v) is 5.09. The molecular formula is C10H24N+. The molecule has 0 spiro atoms. The van der Waals surface area contributed by atoms with Crippen molar-refractivity contribution < 1.29 is 4.48 Å². The van der Waals surface area contributed by atoms with Crippen molar-refractivity contribution >= 4 is 0 Å². The van der Waals surface area contributed by atoms with Crippen LogP contribution in [-0.4, -0.2) is 30.7 Å². The van der Waals surface area contributed by atoms with Gasteiger partial charge in [-0.25, -0.2) is 0 Å². The lowest BCUT2D eigenvalue weighted by Crippen LogP contribution is -2.48. The monoisotopic (exact) mass is 158 g/mol. The van der Waals surface area contributed by atoms with Crippen LogP contribution in [0.5, 0.6) is 0 Å². The Labute approximate surface area is 72.0 Å². The van der Waals surface area contributed by atoms with Gasteiger partial charge in [0.1, 0.15) is 0 Å². The first-order valence-electron chi connectivity index (χ1n) is 5.09. The molecule has 0 aliphatic carbocycles. The summed E-state index contributed by atoms with van der Waals surface area (Å²) >= 11 is 0. The summed E-state index contributed by atoms with van der Waals surface area (Å²) in [5.41, 5.74) is 0. The topological polar surface area (TPSA) is 0 Å². The fourth-order valence-corrected chi connectivity index (χ4v) is 1.92. The third-order valence-corrected chi connectivity index (χ3v) is 2.74. The van der Waals surface area contributed by atoms with E-state index in [1.54, 1.807) is 0 Å². The summed E-state index contributed by atoms with van der Waals surface area (Å²) < 4.78 is 1.33. The SMILES string of the molecule is CCC[N+](CC)(CC)CCC. The van der Waals surface area contributed by atoms with Crippen LogP contribution in [-0.2, 0) is 0 Å². The molecule has 0 aliphatic rings. The van der Waals surface area contributed by atoms with Crippen molar-refractivity contribution in [1.29, 1.82) is 0 Å². The maximum atomic E-state index is 2.31. The summed E-state index contributed by atoms with van der Waals surface area (Å²) in [7, 11) is 0. The minimum absolute atomic E-state index is 1.30. The molecule has 0 radical (unpaired) electrons. The van der Waals surface area contributed by atoms with Gasteiger partial charge in [-0.15, -0.1) is 0 Å². The van der Waals surface area contributed by atoms with E-state index in [2.05, 4.69) is 27.7 Å². The molecule has 1 heteroatoms. The van der Waals surface area contributed by atoms with Crippen molar-refractivity contribution in [2.24, 2.45) is 0 Å². The van der Waals surface area contributed by atoms with Gasteiger partial charge in [-0.3, -0.25) is 0 Å². The number of hydrogen-bond acceptors (Lipinski definition) is 0. The van der Waals surface area contributed by atoms with E-state index in [0.717, 1.165) is 0 Å². The first-order chi connectivity index (χ1) is 5.24. The zero-order chi connectivity index (χ0) is 8.74. The molecule has 68 valence electrons. The molecule has 0 aromatic carbocycles. The minimum atomic E-state index is 1.30. The van der Waals surface area contributed by atoms with Crippen molar-refractivity contribution in [3.8, 4) is 0 Å². The van der Waals surface area contributed by atoms with Crippen molar-refractivity contribution in [2.45, 2.75) is 40.5 Å². The van der Waals surface area contributed by atoms with Crippen molar-refractivity contribution in [2.75, 3.05) is 26.2 Å². The lowest BCUT2D eigenvalue weighted by molar-refractivity contribution is -0.925. The molecule has 0 amide bonds. The lowest BCUT2D eigenvalue weighted by Gasteiger charge is -2.36. The zero-order valence-electron chi connectivity index (χ0n) is 8.69. The van der Waals surface area contributed by atoms with Gasteiger partial charge in [-0.1, -0.05) is 13.8 Å². The minimum Gasteiger partial charge on any atom is -0.324 e. The molecule has 0 rings (SSSR count). The van der Waals surface area contributed by atoms with E-state index in [1.165, 1.54) is 43.5 Å². The molecule has 0 atom stereocenters. The van der Waals surface area contributed by atoms with Crippen molar-refractivity contribution in [3.05, 3.63) is 0 Å². The molecule has 0 saturated heterocycles. The maximum Gasteiger partial charge on any atom is 0.0783 e. The van der Waals surface area contributed by atoms with Crippen LogP contribution in [0.25, 0.3) is 0 Å². The van der Waals surface area contributed by atoms with Crippen molar-refractivity contribution in [1.82, 2.24) is 0 Å². The molecular weight excluding hydrogens is 134 g/mol. The van der Waals surface area contributed by atoms with Gasteiger partial charge in [0.05, 0.1) is 26.2 Å². The Kier molecular flexibility index (Phi) is 5.57. The Hall–Kier alpha value is -0.0400. The number of nitrogens with zero attached hydrogens (tertiary/aromatic N) is 1. The Morgan fingerprint density at radius 3 is 1.27 bits per heavy atom. The smallest absolute Gasteiger partial charge is 0.0783 e. The maximum absolute atomic E-state index is 2.31. The quantitative estimate of drug-likeness (QED) is 0.521. The Morgan fingerprint density at radius 2 is 1.09 bits per heavy atom. The molecule has 0 N–H and O–H groups in total. The average molecular weight is 158 g/mol. The van der Waals surface area contributed by atoms with Crippen LogP contribution in [0.3, 0.4) is 0 Å². The molecule has 0 aromatic rings. The fraction of sp³-hybridized carbons (Fsp3) is 1.00. The molecule has 0 unspecified atom stereocenters. The molecule has 0 aromatic heterocycles. The van der Waals surface area contributed by atoms with Gasteiger partial charge in [0.2, 0.25) is 0 Å².